The monoisotopic (exact) mass is 242 g/mol. The predicted octanol–water partition coefficient (Wildman–Crippen LogP) is 2.67. The average Bonchev–Trinajstić information content (AvgIpc) is 2.15. The number of ether oxygens (including phenoxy) is 1. The summed E-state index contributed by atoms with van der Waals surface area (Å²) in [7, 11) is 0. The van der Waals surface area contributed by atoms with Crippen molar-refractivity contribution in [1.82, 2.24) is 0 Å². The maximum absolute atomic E-state index is 13.2. The molecule has 0 N–H and O–H groups in total. The van der Waals surface area contributed by atoms with Gasteiger partial charge in [-0.25, -0.2) is 18.0 Å². The Hall–Kier alpha value is -1.96. The Bertz CT molecular complexity index is 477. The van der Waals surface area contributed by atoms with E-state index in [9.17, 15) is 18.0 Å². The molecule has 0 saturated heterocycles. The third kappa shape index (κ3) is 3.25. The van der Waals surface area contributed by atoms with Gasteiger partial charge in [0.2, 0.25) is 0 Å². The largest absolute Gasteiger partial charge is 0.446 e. The van der Waals surface area contributed by atoms with Crippen molar-refractivity contribution in [2.75, 3.05) is 0 Å². The highest BCUT2D eigenvalue weighted by Crippen LogP contribution is 2.16. The molecule has 90 valence electrons. The molecule has 0 aliphatic heterocycles. The summed E-state index contributed by atoms with van der Waals surface area (Å²) in [6, 6.07) is 0.825. The molecule has 1 aromatic rings. The second kappa shape index (κ2) is 5.39. The molecule has 0 amide bonds. The van der Waals surface area contributed by atoms with Crippen LogP contribution in [0.5, 0.6) is 0 Å². The molecule has 1 rings (SSSR count). The number of hydrogen-bond donors (Lipinski definition) is 0. The minimum absolute atomic E-state index is 0.413. The van der Waals surface area contributed by atoms with Crippen LogP contribution in [0, 0.1) is 29.3 Å². The maximum atomic E-state index is 13.2. The fourth-order valence-corrected chi connectivity index (χ4v) is 1.19. The van der Waals surface area contributed by atoms with Gasteiger partial charge in [-0.1, -0.05) is 5.92 Å². The number of benzene rings is 1. The number of esters is 1. The van der Waals surface area contributed by atoms with E-state index in [0.29, 0.717) is 12.1 Å². The van der Waals surface area contributed by atoms with Crippen LogP contribution in [0.4, 0.5) is 13.2 Å². The fourth-order valence-electron chi connectivity index (χ4n) is 1.19. The van der Waals surface area contributed by atoms with Gasteiger partial charge in [0.25, 0.3) is 0 Å². The zero-order valence-electron chi connectivity index (χ0n) is 9.18. The first-order valence-corrected chi connectivity index (χ1v) is 4.73. The van der Waals surface area contributed by atoms with Crippen molar-refractivity contribution in [3.05, 3.63) is 35.1 Å². The average molecular weight is 242 g/mol. The Kier molecular flexibility index (Phi) is 4.16. The van der Waals surface area contributed by atoms with E-state index in [-0.39, 0.29) is 0 Å². The SMILES string of the molecule is CC#CC(C)OC(=O)c1c(F)cc(F)cc1F. The molecule has 1 atom stereocenters. The van der Waals surface area contributed by atoms with Crippen molar-refractivity contribution in [2.24, 2.45) is 0 Å². The summed E-state index contributed by atoms with van der Waals surface area (Å²) >= 11 is 0. The van der Waals surface area contributed by atoms with Gasteiger partial charge in [-0.3, -0.25) is 0 Å². The Morgan fingerprint density at radius 1 is 1.29 bits per heavy atom. The van der Waals surface area contributed by atoms with Gasteiger partial charge in [0.05, 0.1) is 0 Å². The van der Waals surface area contributed by atoms with E-state index >= 15 is 0 Å². The molecule has 5 heteroatoms. The van der Waals surface area contributed by atoms with E-state index < -0.39 is 35.1 Å². The van der Waals surface area contributed by atoms with E-state index in [0.717, 1.165) is 0 Å². The highest BCUT2D eigenvalue weighted by Gasteiger charge is 2.21. The van der Waals surface area contributed by atoms with Crippen molar-refractivity contribution in [2.45, 2.75) is 20.0 Å². The van der Waals surface area contributed by atoms with E-state index in [1.807, 2.05) is 0 Å². The van der Waals surface area contributed by atoms with E-state index in [1.54, 1.807) is 0 Å². The lowest BCUT2D eigenvalue weighted by Crippen LogP contribution is -2.16. The molecule has 0 radical (unpaired) electrons. The smallest absolute Gasteiger partial charge is 0.345 e. The van der Waals surface area contributed by atoms with Crippen molar-refractivity contribution in [1.29, 1.82) is 0 Å². The lowest BCUT2D eigenvalue weighted by atomic mass is 10.2. The zero-order chi connectivity index (χ0) is 13.0. The molecule has 0 aromatic heterocycles. The Morgan fingerprint density at radius 3 is 2.29 bits per heavy atom. The summed E-state index contributed by atoms with van der Waals surface area (Å²) in [6.07, 6.45) is -0.795. The summed E-state index contributed by atoms with van der Waals surface area (Å²) in [4.78, 5) is 11.4. The van der Waals surface area contributed by atoms with Gasteiger partial charge in [-0.05, 0) is 13.8 Å². The topological polar surface area (TPSA) is 26.3 Å². The molecule has 1 unspecified atom stereocenters. The van der Waals surface area contributed by atoms with E-state index in [2.05, 4.69) is 16.6 Å². The van der Waals surface area contributed by atoms with Gasteiger partial charge in [0.15, 0.2) is 6.10 Å². The van der Waals surface area contributed by atoms with E-state index in [1.165, 1.54) is 13.8 Å². The van der Waals surface area contributed by atoms with Gasteiger partial charge in [0.1, 0.15) is 23.0 Å². The van der Waals surface area contributed by atoms with Gasteiger partial charge < -0.3 is 4.74 Å². The van der Waals surface area contributed by atoms with Crippen molar-refractivity contribution in [3.8, 4) is 11.8 Å². The summed E-state index contributed by atoms with van der Waals surface area (Å²) in [6.45, 7) is 2.98. The number of halogens is 3. The highest BCUT2D eigenvalue weighted by molar-refractivity contribution is 5.90. The molecule has 0 spiro atoms. The quantitative estimate of drug-likeness (QED) is 0.588. The lowest BCUT2D eigenvalue weighted by Gasteiger charge is -2.08. The first kappa shape index (κ1) is 13.1. The van der Waals surface area contributed by atoms with E-state index in [4.69, 9.17) is 0 Å². The van der Waals surface area contributed by atoms with Crippen LogP contribution in [-0.4, -0.2) is 12.1 Å². The molecule has 1 aromatic carbocycles. The molecule has 0 fully saturated rings. The number of rotatable bonds is 2. The molecule has 0 aliphatic carbocycles. The normalized spacial score (nSPS) is 11.4. The molecule has 2 nitrogen and oxygen atoms in total. The van der Waals surface area contributed by atoms with Crippen LogP contribution < -0.4 is 0 Å². The van der Waals surface area contributed by atoms with Crippen molar-refractivity contribution in [3.63, 3.8) is 0 Å². The van der Waals surface area contributed by atoms with Crippen LogP contribution in [0.3, 0.4) is 0 Å². The first-order valence-electron chi connectivity index (χ1n) is 4.73. The zero-order valence-corrected chi connectivity index (χ0v) is 9.18. The molecule has 0 heterocycles. The summed E-state index contributed by atoms with van der Waals surface area (Å²) in [5.41, 5.74) is -0.920. The van der Waals surface area contributed by atoms with Crippen molar-refractivity contribution >= 4 is 5.97 Å². The van der Waals surface area contributed by atoms with Gasteiger partial charge in [0, 0.05) is 12.1 Å². The van der Waals surface area contributed by atoms with Gasteiger partial charge in [-0.15, -0.1) is 5.92 Å². The number of hydrogen-bond acceptors (Lipinski definition) is 2. The summed E-state index contributed by atoms with van der Waals surface area (Å²) in [5.74, 6) is 0.0571. The minimum atomic E-state index is -1.30. The maximum Gasteiger partial charge on any atom is 0.345 e. The van der Waals surface area contributed by atoms with Crippen LogP contribution in [0.25, 0.3) is 0 Å². The number of carbonyl (C=O) groups excluding carboxylic acids is 1. The summed E-state index contributed by atoms with van der Waals surface area (Å²) < 4.78 is 43.6. The van der Waals surface area contributed by atoms with Crippen LogP contribution in [0.2, 0.25) is 0 Å². The van der Waals surface area contributed by atoms with Crippen LogP contribution >= 0.6 is 0 Å². The minimum Gasteiger partial charge on any atom is -0.446 e. The molecule has 17 heavy (non-hydrogen) atoms. The fraction of sp³-hybridized carbons (Fsp3) is 0.250. The molecular formula is C12H9F3O2. The van der Waals surface area contributed by atoms with Crippen LogP contribution in [-0.2, 0) is 4.74 Å². The second-order valence-corrected chi connectivity index (χ2v) is 3.19. The molecule has 0 bridgehead atoms. The second-order valence-electron chi connectivity index (χ2n) is 3.19. The van der Waals surface area contributed by atoms with Gasteiger partial charge in [-0.2, -0.15) is 0 Å². The molecule has 0 saturated carbocycles. The van der Waals surface area contributed by atoms with Crippen LogP contribution in [0.1, 0.15) is 24.2 Å². The lowest BCUT2D eigenvalue weighted by molar-refractivity contribution is 0.0427. The Labute approximate surface area is 96.4 Å². The van der Waals surface area contributed by atoms with Crippen molar-refractivity contribution < 1.29 is 22.7 Å². The van der Waals surface area contributed by atoms with Crippen LogP contribution in [0.15, 0.2) is 12.1 Å². The standard InChI is InChI=1S/C12H9F3O2/c1-3-4-7(2)17-12(16)11-9(14)5-8(13)6-10(11)15/h5-7H,1-2H3. The summed E-state index contributed by atoms with van der Waals surface area (Å²) in [5, 5.41) is 0. The first-order chi connectivity index (χ1) is 7.95. The number of carbonyl (C=O) groups is 1. The molecular weight excluding hydrogens is 233 g/mol. The Balaban J connectivity index is 3.00. The highest BCUT2D eigenvalue weighted by atomic mass is 19.1. The van der Waals surface area contributed by atoms with Gasteiger partial charge >= 0.3 is 5.97 Å². The third-order valence-electron chi connectivity index (χ3n) is 1.84. The Morgan fingerprint density at radius 2 is 1.82 bits per heavy atom. The molecule has 0 aliphatic rings. The third-order valence-corrected chi connectivity index (χ3v) is 1.84. The predicted molar refractivity (Wildman–Crippen MR) is 54.6 cm³/mol.